The van der Waals surface area contributed by atoms with E-state index in [1.807, 2.05) is 6.92 Å². The Labute approximate surface area is 114 Å². The number of nitrogens with zero attached hydrogens (tertiary/aromatic N) is 2. The second kappa shape index (κ2) is 6.36. The number of nitriles is 1. The van der Waals surface area contributed by atoms with Crippen molar-refractivity contribution in [3.05, 3.63) is 0 Å². The molecule has 5 heteroatoms. The van der Waals surface area contributed by atoms with Crippen molar-refractivity contribution in [1.29, 1.82) is 5.26 Å². The van der Waals surface area contributed by atoms with Crippen LogP contribution in [-0.2, 0) is 4.79 Å². The highest BCUT2D eigenvalue weighted by Crippen LogP contribution is 2.23. The predicted molar refractivity (Wildman–Crippen MR) is 71.2 cm³/mol. The highest BCUT2D eigenvalue weighted by atomic mass is 16.3. The van der Waals surface area contributed by atoms with Crippen LogP contribution in [-0.4, -0.2) is 46.7 Å². The zero-order valence-electron chi connectivity index (χ0n) is 11.5. The molecular weight excluding hydrogens is 242 g/mol. The molecule has 0 aromatic carbocycles. The molecule has 19 heavy (non-hydrogen) atoms. The molecule has 0 aromatic heterocycles. The molecule has 2 N–H and O–H groups in total. The van der Waals surface area contributed by atoms with Crippen molar-refractivity contribution in [2.45, 2.75) is 69.7 Å². The topological polar surface area (TPSA) is 76.4 Å². The Balaban J connectivity index is 1.79. The van der Waals surface area contributed by atoms with Crippen LogP contribution >= 0.6 is 0 Å². The number of carbonyl (C=O) groups is 1. The average molecular weight is 265 g/mol. The Morgan fingerprint density at radius 1 is 1.32 bits per heavy atom. The highest BCUT2D eigenvalue weighted by Gasteiger charge is 2.34. The third-order valence-corrected chi connectivity index (χ3v) is 4.34. The van der Waals surface area contributed by atoms with Crippen LogP contribution in [0.25, 0.3) is 0 Å². The van der Waals surface area contributed by atoms with Crippen molar-refractivity contribution in [1.82, 2.24) is 10.2 Å². The molecule has 0 bridgehead atoms. The first-order chi connectivity index (χ1) is 9.11. The van der Waals surface area contributed by atoms with Gasteiger partial charge in [0.2, 0.25) is 5.91 Å². The maximum atomic E-state index is 12.2. The molecule has 5 nitrogen and oxygen atoms in total. The fourth-order valence-electron chi connectivity index (χ4n) is 3.13. The minimum atomic E-state index is -0.252. The van der Waals surface area contributed by atoms with Crippen molar-refractivity contribution in [3.8, 4) is 6.07 Å². The van der Waals surface area contributed by atoms with Gasteiger partial charge in [-0.1, -0.05) is 0 Å². The van der Waals surface area contributed by atoms with Crippen LogP contribution in [0.3, 0.4) is 0 Å². The van der Waals surface area contributed by atoms with Crippen molar-refractivity contribution in [3.63, 3.8) is 0 Å². The molecule has 1 saturated carbocycles. The van der Waals surface area contributed by atoms with Crippen LogP contribution in [0, 0.1) is 11.3 Å². The quantitative estimate of drug-likeness (QED) is 0.790. The first kappa shape index (κ1) is 14.3. The van der Waals surface area contributed by atoms with Crippen LogP contribution in [0.5, 0.6) is 0 Å². The molecule has 2 unspecified atom stereocenters. The molecule has 1 amide bonds. The average Bonchev–Trinajstić information content (AvgIpc) is 2.79. The number of aliphatic hydroxyl groups excluding tert-OH is 1. The molecule has 0 spiro atoms. The third-order valence-electron chi connectivity index (χ3n) is 4.34. The Morgan fingerprint density at radius 2 is 2.00 bits per heavy atom. The zero-order chi connectivity index (χ0) is 13.8. The summed E-state index contributed by atoms with van der Waals surface area (Å²) in [6.45, 7) is 2.31. The molecule has 1 aliphatic carbocycles. The summed E-state index contributed by atoms with van der Waals surface area (Å²) in [7, 11) is 0. The normalized spacial score (nSPS) is 35.1. The van der Waals surface area contributed by atoms with Gasteiger partial charge in [-0.2, -0.15) is 5.26 Å². The maximum absolute atomic E-state index is 12.2. The van der Waals surface area contributed by atoms with E-state index in [9.17, 15) is 9.90 Å². The number of hydrogen-bond donors (Lipinski definition) is 2. The van der Waals surface area contributed by atoms with E-state index in [4.69, 9.17) is 5.26 Å². The van der Waals surface area contributed by atoms with E-state index in [2.05, 4.69) is 11.4 Å². The van der Waals surface area contributed by atoms with Crippen LogP contribution in [0.1, 0.15) is 45.4 Å². The van der Waals surface area contributed by atoms with Crippen LogP contribution in [0.2, 0.25) is 0 Å². The molecule has 2 rings (SSSR count). The first-order valence-corrected chi connectivity index (χ1v) is 7.24. The minimum absolute atomic E-state index is 0.0303. The summed E-state index contributed by atoms with van der Waals surface area (Å²) in [5, 5.41) is 21.8. The lowest BCUT2D eigenvalue weighted by atomic mass is 9.93. The summed E-state index contributed by atoms with van der Waals surface area (Å²) in [4.78, 5) is 13.9. The van der Waals surface area contributed by atoms with Gasteiger partial charge in [-0.15, -0.1) is 0 Å². The summed E-state index contributed by atoms with van der Waals surface area (Å²) < 4.78 is 0. The van der Waals surface area contributed by atoms with Crippen molar-refractivity contribution < 1.29 is 9.90 Å². The summed E-state index contributed by atoms with van der Waals surface area (Å²) in [5.41, 5.74) is 0. The number of nitrogens with one attached hydrogen (secondary N) is 1. The molecule has 2 aliphatic rings. The summed E-state index contributed by atoms with van der Waals surface area (Å²) in [6.07, 6.45) is 5.01. The molecule has 2 fully saturated rings. The monoisotopic (exact) mass is 265 g/mol. The number of rotatable bonds is 3. The van der Waals surface area contributed by atoms with Crippen molar-refractivity contribution in [2.24, 2.45) is 0 Å². The lowest BCUT2D eigenvalue weighted by molar-refractivity contribution is -0.132. The van der Waals surface area contributed by atoms with Gasteiger partial charge < -0.3 is 15.3 Å². The van der Waals surface area contributed by atoms with E-state index in [0.29, 0.717) is 12.6 Å². The van der Waals surface area contributed by atoms with E-state index < -0.39 is 0 Å². The molecule has 0 aromatic rings. The van der Waals surface area contributed by atoms with Crippen LogP contribution < -0.4 is 5.32 Å². The predicted octanol–water partition coefficient (Wildman–Crippen LogP) is 0.783. The van der Waals surface area contributed by atoms with E-state index in [1.54, 1.807) is 4.90 Å². The fraction of sp³-hybridized carbons (Fsp3) is 0.857. The van der Waals surface area contributed by atoms with E-state index >= 15 is 0 Å². The van der Waals surface area contributed by atoms with Crippen LogP contribution in [0.15, 0.2) is 0 Å². The van der Waals surface area contributed by atoms with Gasteiger partial charge in [0.05, 0.1) is 18.7 Å². The minimum Gasteiger partial charge on any atom is -0.393 e. The largest absolute Gasteiger partial charge is 0.393 e. The second-order valence-corrected chi connectivity index (χ2v) is 5.76. The van der Waals surface area contributed by atoms with Gasteiger partial charge >= 0.3 is 0 Å². The van der Waals surface area contributed by atoms with Crippen molar-refractivity contribution >= 4 is 5.91 Å². The maximum Gasteiger partial charge on any atom is 0.237 e. The number of amides is 1. The van der Waals surface area contributed by atoms with Gasteiger partial charge in [-0.3, -0.25) is 4.79 Å². The van der Waals surface area contributed by atoms with Crippen LogP contribution in [0.4, 0.5) is 0 Å². The lowest BCUT2D eigenvalue weighted by Crippen LogP contribution is -2.46. The molecule has 1 saturated heterocycles. The fourth-order valence-corrected chi connectivity index (χ4v) is 3.13. The highest BCUT2D eigenvalue weighted by molar-refractivity contribution is 5.79. The number of hydrogen-bond acceptors (Lipinski definition) is 4. The summed E-state index contributed by atoms with van der Waals surface area (Å²) in [5.74, 6) is 0.0303. The third kappa shape index (κ3) is 3.46. The SMILES string of the molecule is CC1CCC(C#N)N1C(=O)CNC1CCC(O)CC1. The Hall–Kier alpha value is -1.12. The number of carbonyl (C=O) groups excluding carboxylic acids is 1. The molecule has 0 radical (unpaired) electrons. The summed E-state index contributed by atoms with van der Waals surface area (Å²) >= 11 is 0. The van der Waals surface area contributed by atoms with Gasteiger partial charge in [0.25, 0.3) is 0 Å². The molecule has 1 aliphatic heterocycles. The van der Waals surface area contributed by atoms with Gasteiger partial charge in [0.15, 0.2) is 0 Å². The van der Waals surface area contributed by atoms with Crippen molar-refractivity contribution in [2.75, 3.05) is 6.54 Å². The smallest absolute Gasteiger partial charge is 0.237 e. The number of aliphatic hydroxyl groups is 1. The van der Waals surface area contributed by atoms with Gasteiger partial charge in [0.1, 0.15) is 6.04 Å². The first-order valence-electron chi connectivity index (χ1n) is 7.24. The summed E-state index contributed by atoms with van der Waals surface area (Å²) in [6, 6.07) is 2.46. The standard InChI is InChI=1S/C14H23N3O2/c1-10-2-5-12(8-15)17(10)14(19)9-16-11-3-6-13(18)7-4-11/h10-13,16,18H,2-7,9H2,1H3. The second-order valence-electron chi connectivity index (χ2n) is 5.76. The van der Waals surface area contributed by atoms with Gasteiger partial charge in [-0.25, -0.2) is 0 Å². The zero-order valence-corrected chi connectivity index (χ0v) is 11.5. The lowest BCUT2D eigenvalue weighted by Gasteiger charge is -2.29. The van der Waals surface area contributed by atoms with Gasteiger partial charge in [-0.05, 0) is 45.4 Å². The molecule has 1 heterocycles. The van der Waals surface area contributed by atoms with E-state index in [0.717, 1.165) is 38.5 Å². The molecular formula is C14H23N3O2. The molecule has 106 valence electrons. The Bertz CT molecular complexity index is 358. The van der Waals surface area contributed by atoms with E-state index in [1.165, 1.54) is 0 Å². The van der Waals surface area contributed by atoms with E-state index in [-0.39, 0.29) is 24.1 Å². The van der Waals surface area contributed by atoms with Gasteiger partial charge in [0, 0.05) is 12.1 Å². The molecule has 2 atom stereocenters. The number of likely N-dealkylation sites (tertiary alicyclic amines) is 1. The Morgan fingerprint density at radius 3 is 2.63 bits per heavy atom. The Kier molecular flexibility index (Phi) is 4.78.